The van der Waals surface area contributed by atoms with E-state index in [0.29, 0.717) is 18.9 Å². The number of fused-ring (bicyclic) bond motifs is 1. The number of nitrogens with zero attached hydrogens (tertiary/aromatic N) is 2. The van der Waals surface area contributed by atoms with Crippen molar-refractivity contribution in [1.29, 1.82) is 0 Å². The van der Waals surface area contributed by atoms with Crippen molar-refractivity contribution < 1.29 is 4.79 Å². The molecule has 1 aromatic heterocycles. The van der Waals surface area contributed by atoms with Gasteiger partial charge in [-0.15, -0.1) is 11.8 Å². The van der Waals surface area contributed by atoms with Gasteiger partial charge < -0.3 is 0 Å². The first-order valence-corrected chi connectivity index (χ1v) is 12.3. The molecule has 0 aliphatic heterocycles. The van der Waals surface area contributed by atoms with Crippen molar-refractivity contribution in [3.8, 4) is 0 Å². The van der Waals surface area contributed by atoms with Crippen molar-refractivity contribution in [3.63, 3.8) is 0 Å². The minimum absolute atomic E-state index is 0.109. The number of para-hydroxylation sites is 1. The first kappa shape index (κ1) is 21.6. The van der Waals surface area contributed by atoms with Gasteiger partial charge in [0.05, 0.1) is 16.8 Å². The summed E-state index contributed by atoms with van der Waals surface area (Å²) in [5.41, 5.74) is 3.35. The zero-order valence-corrected chi connectivity index (χ0v) is 19.5. The number of carbonyl (C=O) groups is 1. The first-order valence-electron chi connectivity index (χ1n) is 10.5. The maximum atomic E-state index is 13.3. The SMILES string of the molecule is CC(C)c1cccc2sc(N(Cc3ccccc3)C(=O)CCSc3ccccc3)nc12. The summed E-state index contributed by atoms with van der Waals surface area (Å²) in [6, 6.07) is 26.7. The lowest BCUT2D eigenvalue weighted by Crippen LogP contribution is -2.30. The van der Waals surface area contributed by atoms with Crippen LogP contribution < -0.4 is 4.90 Å². The highest BCUT2D eigenvalue weighted by molar-refractivity contribution is 7.99. The molecule has 0 atom stereocenters. The molecule has 3 aromatic carbocycles. The van der Waals surface area contributed by atoms with Crippen LogP contribution in [0.15, 0.2) is 83.8 Å². The summed E-state index contributed by atoms with van der Waals surface area (Å²) in [4.78, 5) is 21.3. The van der Waals surface area contributed by atoms with Crippen LogP contribution in [0.1, 0.15) is 37.3 Å². The normalized spacial score (nSPS) is 11.2. The van der Waals surface area contributed by atoms with E-state index >= 15 is 0 Å². The number of amides is 1. The third-order valence-corrected chi connectivity index (χ3v) is 7.16. The Morgan fingerprint density at radius 1 is 0.968 bits per heavy atom. The van der Waals surface area contributed by atoms with Gasteiger partial charge in [-0.05, 0) is 35.2 Å². The van der Waals surface area contributed by atoms with Crippen LogP contribution in [0.3, 0.4) is 0 Å². The Hall–Kier alpha value is -2.63. The second-order valence-corrected chi connectivity index (χ2v) is 9.90. The molecule has 1 amide bonds. The van der Waals surface area contributed by atoms with E-state index < -0.39 is 0 Å². The fourth-order valence-electron chi connectivity index (χ4n) is 3.48. The monoisotopic (exact) mass is 446 g/mol. The quantitative estimate of drug-likeness (QED) is 0.270. The highest BCUT2D eigenvalue weighted by Gasteiger charge is 2.21. The number of hydrogen-bond donors (Lipinski definition) is 0. The number of benzene rings is 3. The fraction of sp³-hybridized carbons (Fsp3) is 0.231. The number of hydrogen-bond acceptors (Lipinski definition) is 4. The van der Waals surface area contributed by atoms with E-state index in [4.69, 9.17) is 4.98 Å². The molecule has 0 spiro atoms. The Bertz CT molecular complexity index is 1140. The number of anilines is 1. The topological polar surface area (TPSA) is 33.2 Å². The molecule has 5 heteroatoms. The first-order chi connectivity index (χ1) is 15.1. The number of carbonyl (C=O) groups excluding carboxylic acids is 1. The third kappa shape index (κ3) is 5.35. The summed E-state index contributed by atoms with van der Waals surface area (Å²) >= 11 is 3.32. The van der Waals surface area contributed by atoms with Crippen LogP contribution in [0.25, 0.3) is 10.2 Å². The fourth-order valence-corrected chi connectivity index (χ4v) is 5.35. The maximum Gasteiger partial charge on any atom is 0.229 e. The Morgan fingerprint density at radius 2 is 1.68 bits per heavy atom. The molecule has 1 heterocycles. The molecule has 4 rings (SSSR count). The number of thioether (sulfide) groups is 1. The summed E-state index contributed by atoms with van der Waals surface area (Å²) in [6.45, 7) is 4.90. The Morgan fingerprint density at radius 3 is 2.39 bits per heavy atom. The number of aromatic nitrogens is 1. The van der Waals surface area contributed by atoms with Gasteiger partial charge in [0.25, 0.3) is 0 Å². The van der Waals surface area contributed by atoms with E-state index in [1.54, 1.807) is 23.1 Å². The van der Waals surface area contributed by atoms with Gasteiger partial charge in [-0.1, -0.05) is 85.8 Å². The van der Waals surface area contributed by atoms with Gasteiger partial charge in [0.1, 0.15) is 0 Å². The summed E-state index contributed by atoms with van der Waals surface area (Å²) in [5, 5.41) is 0.779. The minimum Gasteiger partial charge on any atom is -0.284 e. The Balaban J connectivity index is 1.59. The predicted molar refractivity (Wildman–Crippen MR) is 133 cm³/mol. The zero-order valence-electron chi connectivity index (χ0n) is 17.8. The smallest absolute Gasteiger partial charge is 0.229 e. The van der Waals surface area contributed by atoms with Gasteiger partial charge in [-0.25, -0.2) is 4.98 Å². The van der Waals surface area contributed by atoms with Crippen molar-refractivity contribution in [2.24, 2.45) is 0 Å². The Labute approximate surface area is 192 Å². The summed E-state index contributed by atoms with van der Waals surface area (Å²) in [6.07, 6.45) is 0.472. The molecule has 0 saturated carbocycles. The third-order valence-electron chi connectivity index (χ3n) is 5.10. The molecule has 0 fully saturated rings. The van der Waals surface area contributed by atoms with E-state index in [9.17, 15) is 4.79 Å². The summed E-state index contributed by atoms with van der Waals surface area (Å²) in [5.74, 6) is 1.24. The number of thiazole rings is 1. The molecule has 0 bridgehead atoms. The van der Waals surface area contributed by atoms with Gasteiger partial charge >= 0.3 is 0 Å². The van der Waals surface area contributed by atoms with Gasteiger partial charge in [0.15, 0.2) is 5.13 Å². The standard InChI is InChI=1S/C26H26N2OS2/c1-19(2)22-14-9-15-23-25(22)27-26(31-23)28(18-20-10-5-3-6-11-20)24(29)16-17-30-21-12-7-4-8-13-21/h3-15,19H,16-18H2,1-2H3. The highest BCUT2D eigenvalue weighted by atomic mass is 32.2. The molecule has 0 unspecified atom stereocenters. The highest BCUT2D eigenvalue weighted by Crippen LogP contribution is 2.34. The van der Waals surface area contributed by atoms with Crippen LogP contribution in [-0.4, -0.2) is 16.6 Å². The van der Waals surface area contributed by atoms with Crippen LogP contribution in [0.4, 0.5) is 5.13 Å². The molecule has 0 aliphatic carbocycles. The van der Waals surface area contributed by atoms with Crippen molar-refractivity contribution in [2.45, 2.75) is 37.6 Å². The van der Waals surface area contributed by atoms with Crippen molar-refractivity contribution in [2.75, 3.05) is 10.7 Å². The lowest BCUT2D eigenvalue weighted by Gasteiger charge is -2.20. The molecule has 158 valence electrons. The molecule has 31 heavy (non-hydrogen) atoms. The van der Waals surface area contributed by atoms with Crippen LogP contribution in [0.5, 0.6) is 0 Å². The average molecular weight is 447 g/mol. The largest absolute Gasteiger partial charge is 0.284 e. The van der Waals surface area contributed by atoms with Crippen LogP contribution in [0.2, 0.25) is 0 Å². The summed E-state index contributed by atoms with van der Waals surface area (Å²) < 4.78 is 1.13. The van der Waals surface area contributed by atoms with Crippen molar-refractivity contribution in [3.05, 3.63) is 90.0 Å². The van der Waals surface area contributed by atoms with Gasteiger partial charge in [-0.3, -0.25) is 9.69 Å². The van der Waals surface area contributed by atoms with Crippen molar-refractivity contribution >= 4 is 44.4 Å². The molecule has 3 nitrogen and oxygen atoms in total. The summed E-state index contributed by atoms with van der Waals surface area (Å²) in [7, 11) is 0. The maximum absolute atomic E-state index is 13.3. The molecule has 0 aliphatic rings. The van der Waals surface area contributed by atoms with Crippen LogP contribution >= 0.6 is 23.1 Å². The lowest BCUT2D eigenvalue weighted by molar-refractivity contribution is -0.118. The van der Waals surface area contributed by atoms with E-state index in [1.807, 2.05) is 41.3 Å². The second-order valence-electron chi connectivity index (χ2n) is 7.72. The van der Waals surface area contributed by atoms with Crippen LogP contribution in [-0.2, 0) is 11.3 Å². The van der Waals surface area contributed by atoms with Gasteiger partial charge in [-0.2, -0.15) is 0 Å². The molecule has 4 aromatic rings. The molecule has 0 saturated heterocycles. The van der Waals surface area contributed by atoms with Gasteiger partial charge in [0.2, 0.25) is 5.91 Å². The second kappa shape index (κ2) is 10.1. The van der Waals surface area contributed by atoms with Crippen LogP contribution in [0, 0.1) is 0 Å². The molecule has 0 radical (unpaired) electrons. The lowest BCUT2D eigenvalue weighted by atomic mass is 10.0. The zero-order chi connectivity index (χ0) is 21.6. The van der Waals surface area contributed by atoms with E-state index in [0.717, 1.165) is 26.7 Å². The molecule has 0 N–H and O–H groups in total. The van der Waals surface area contributed by atoms with Crippen molar-refractivity contribution in [1.82, 2.24) is 4.98 Å². The Kier molecular flexibility index (Phi) is 7.05. The van der Waals surface area contributed by atoms with Gasteiger partial charge in [0, 0.05) is 17.1 Å². The number of rotatable bonds is 8. The predicted octanol–water partition coefficient (Wildman–Crippen LogP) is 7.14. The minimum atomic E-state index is 0.109. The van der Waals surface area contributed by atoms with E-state index in [1.165, 1.54) is 10.5 Å². The molecular formula is C26H26N2OS2. The average Bonchev–Trinajstić information content (AvgIpc) is 3.22. The van der Waals surface area contributed by atoms with E-state index in [2.05, 4.69) is 56.3 Å². The molecular weight excluding hydrogens is 420 g/mol. The van der Waals surface area contributed by atoms with E-state index in [-0.39, 0.29) is 5.91 Å².